The number of hydrogen-bond donors (Lipinski definition) is 1. The largest absolute Gasteiger partial charge is 0.353 e. The van der Waals surface area contributed by atoms with Crippen LogP contribution in [-0.4, -0.2) is 26.8 Å². The first-order chi connectivity index (χ1) is 13.5. The molecule has 2 aliphatic rings. The van der Waals surface area contributed by atoms with Crippen LogP contribution in [-0.2, 0) is 17.6 Å². The zero-order valence-corrected chi connectivity index (χ0v) is 18.5. The molecule has 152 valence electrons. The van der Waals surface area contributed by atoms with E-state index in [0.717, 1.165) is 60.3 Å². The van der Waals surface area contributed by atoms with Crippen molar-refractivity contribution in [1.29, 1.82) is 0 Å². The van der Waals surface area contributed by atoms with E-state index in [0.29, 0.717) is 0 Å². The standard InChI is InChI=1S/C21H29N3O2S2/c1-12(2)22-18(25)13(3)27-21-23-19-17(15-10-6-7-11-16(15)28-19)20(26)24(21)14-8-4-5-9-14/h12-14H,4-11H2,1-3H3,(H,22,25). The van der Waals surface area contributed by atoms with E-state index in [4.69, 9.17) is 4.98 Å². The van der Waals surface area contributed by atoms with E-state index in [-0.39, 0.29) is 28.8 Å². The Kier molecular flexibility index (Phi) is 5.83. The Balaban J connectivity index is 1.79. The van der Waals surface area contributed by atoms with Gasteiger partial charge in [0, 0.05) is 17.0 Å². The maximum absolute atomic E-state index is 13.6. The van der Waals surface area contributed by atoms with Gasteiger partial charge in [-0.15, -0.1) is 11.3 Å². The second-order valence-electron chi connectivity index (χ2n) is 8.32. The van der Waals surface area contributed by atoms with Crippen LogP contribution in [0.25, 0.3) is 10.2 Å². The molecule has 0 aliphatic heterocycles. The average molecular weight is 420 g/mol. The Bertz CT molecular complexity index is 941. The molecule has 1 amide bonds. The minimum absolute atomic E-state index is 0.00204. The van der Waals surface area contributed by atoms with Crippen LogP contribution < -0.4 is 10.9 Å². The highest BCUT2D eigenvalue weighted by atomic mass is 32.2. The summed E-state index contributed by atoms with van der Waals surface area (Å²) in [6.45, 7) is 5.82. The van der Waals surface area contributed by atoms with Gasteiger partial charge in [-0.25, -0.2) is 4.98 Å². The lowest BCUT2D eigenvalue weighted by Gasteiger charge is -2.20. The van der Waals surface area contributed by atoms with Crippen molar-refractivity contribution in [1.82, 2.24) is 14.9 Å². The van der Waals surface area contributed by atoms with Crippen molar-refractivity contribution in [3.63, 3.8) is 0 Å². The average Bonchev–Trinajstić information content (AvgIpc) is 3.28. The van der Waals surface area contributed by atoms with Crippen molar-refractivity contribution in [2.75, 3.05) is 0 Å². The van der Waals surface area contributed by atoms with Gasteiger partial charge in [0.2, 0.25) is 5.91 Å². The molecule has 0 spiro atoms. The van der Waals surface area contributed by atoms with Gasteiger partial charge in [-0.1, -0.05) is 24.6 Å². The Hall–Kier alpha value is -1.34. The summed E-state index contributed by atoms with van der Waals surface area (Å²) in [6, 6.07) is 0.318. The lowest BCUT2D eigenvalue weighted by Crippen LogP contribution is -2.36. The molecule has 2 aromatic heterocycles. The zero-order chi connectivity index (χ0) is 19.8. The minimum Gasteiger partial charge on any atom is -0.353 e. The van der Waals surface area contributed by atoms with Gasteiger partial charge in [-0.3, -0.25) is 14.2 Å². The molecular formula is C21H29N3O2S2. The quantitative estimate of drug-likeness (QED) is 0.574. The van der Waals surface area contributed by atoms with Crippen LogP contribution in [0.1, 0.15) is 75.8 Å². The summed E-state index contributed by atoms with van der Waals surface area (Å²) in [5, 5.41) is 4.26. The number of aromatic nitrogens is 2. The van der Waals surface area contributed by atoms with E-state index >= 15 is 0 Å². The molecule has 7 heteroatoms. The first-order valence-electron chi connectivity index (χ1n) is 10.5. The number of nitrogens with zero attached hydrogens (tertiary/aromatic N) is 2. The summed E-state index contributed by atoms with van der Waals surface area (Å²) in [4.78, 5) is 33.2. The molecule has 0 radical (unpaired) electrons. The number of nitrogens with one attached hydrogen (secondary N) is 1. The van der Waals surface area contributed by atoms with Gasteiger partial charge in [0.1, 0.15) is 4.83 Å². The second kappa shape index (κ2) is 8.19. The van der Waals surface area contributed by atoms with Gasteiger partial charge >= 0.3 is 0 Å². The molecule has 1 N–H and O–H groups in total. The van der Waals surface area contributed by atoms with Crippen molar-refractivity contribution in [2.45, 2.75) is 94.6 Å². The van der Waals surface area contributed by atoms with Crippen LogP contribution in [0.5, 0.6) is 0 Å². The van der Waals surface area contributed by atoms with Crippen molar-refractivity contribution >= 4 is 39.2 Å². The molecule has 2 aliphatic carbocycles. The Morgan fingerprint density at radius 1 is 1.18 bits per heavy atom. The Morgan fingerprint density at radius 2 is 1.89 bits per heavy atom. The highest BCUT2D eigenvalue weighted by molar-refractivity contribution is 8.00. The second-order valence-corrected chi connectivity index (χ2v) is 10.7. The number of carbonyl (C=O) groups excluding carboxylic acids is 1. The number of hydrogen-bond acceptors (Lipinski definition) is 5. The van der Waals surface area contributed by atoms with Crippen LogP contribution >= 0.6 is 23.1 Å². The van der Waals surface area contributed by atoms with E-state index in [2.05, 4.69) is 5.32 Å². The molecule has 28 heavy (non-hydrogen) atoms. The van der Waals surface area contributed by atoms with Gasteiger partial charge in [0.25, 0.3) is 5.56 Å². The summed E-state index contributed by atoms with van der Waals surface area (Å²) in [5.74, 6) is -0.00204. The minimum atomic E-state index is -0.283. The molecule has 1 saturated carbocycles. The third-order valence-corrected chi connectivity index (χ3v) is 8.01. The number of amides is 1. The number of thiophene rings is 1. The summed E-state index contributed by atoms with van der Waals surface area (Å²) in [7, 11) is 0. The lowest BCUT2D eigenvalue weighted by atomic mass is 9.97. The van der Waals surface area contributed by atoms with Gasteiger partial charge in [-0.05, 0) is 64.9 Å². The number of thioether (sulfide) groups is 1. The van der Waals surface area contributed by atoms with E-state index < -0.39 is 0 Å². The molecule has 1 atom stereocenters. The highest BCUT2D eigenvalue weighted by Gasteiger charge is 2.28. The predicted octanol–water partition coefficient (Wildman–Crippen LogP) is 4.46. The molecule has 4 rings (SSSR count). The molecule has 0 saturated heterocycles. The van der Waals surface area contributed by atoms with Crippen LogP contribution in [0.15, 0.2) is 9.95 Å². The fraction of sp³-hybridized carbons (Fsp3) is 0.667. The third-order valence-electron chi connectivity index (χ3n) is 5.76. The van der Waals surface area contributed by atoms with Crippen LogP contribution in [0.4, 0.5) is 0 Å². The monoisotopic (exact) mass is 419 g/mol. The molecule has 2 aromatic rings. The summed E-state index contributed by atoms with van der Waals surface area (Å²) < 4.78 is 1.93. The van der Waals surface area contributed by atoms with Crippen molar-refractivity contribution in [2.24, 2.45) is 0 Å². The fourth-order valence-electron chi connectivity index (χ4n) is 4.38. The molecular weight excluding hydrogens is 390 g/mol. The van der Waals surface area contributed by atoms with Gasteiger partial charge in [-0.2, -0.15) is 0 Å². The summed E-state index contributed by atoms with van der Waals surface area (Å²) >= 11 is 3.12. The maximum Gasteiger partial charge on any atom is 0.263 e. The number of carbonyl (C=O) groups is 1. The molecule has 1 fully saturated rings. The first-order valence-corrected chi connectivity index (χ1v) is 12.2. The maximum atomic E-state index is 13.6. The fourth-order valence-corrected chi connectivity index (χ4v) is 6.67. The van der Waals surface area contributed by atoms with Gasteiger partial charge < -0.3 is 5.32 Å². The Morgan fingerprint density at radius 3 is 2.61 bits per heavy atom. The first kappa shape index (κ1) is 20.0. The normalized spacial score (nSPS) is 18.6. The van der Waals surface area contributed by atoms with Gasteiger partial charge in [0.05, 0.1) is 10.6 Å². The van der Waals surface area contributed by atoms with Crippen LogP contribution in [0, 0.1) is 0 Å². The van der Waals surface area contributed by atoms with Gasteiger partial charge in [0.15, 0.2) is 5.16 Å². The molecule has 2 heterocycles. The highest BCUT2D eigenvalue weighted by Crippen LogP contribution is 2.38. The summed E-state index contributed by atoms with van der Waals surface area (Å²) in [5.41, 5.74) is 1.37. The molecule has 0 aromatic carbocycles. The zero-order valence-electron chi connectivity index (χ0n) is 16.9. The number of fused-ring (bicyclic) bond motifs is 3. The molecule has 0 bridgehead atoms. The van der Waals surface area contributed by atoms with E-state index in [1.165, 1.54) is 28.6 Å². The van der Waals surface area contributed by atoms with Crippen molar-refractivity contribution in [3.05, 3.63) is 20.8 Å². The SMILES string of the molecule is CC(C)NC(=O)C(C)Sc1nc2sc3c(c2c(=O)n1C1CCCC1)CCCC3. The lowest BCUT2D eigenvalue weighted by molar-refractivity contribution is -0.120. The smallest absolute Gasteiger partial charge is 0.263 e. The predicted molar refractivity (Wildman–Crippen MR) is 117 cm³/mol. The van der Waals surface area contributed by atoms with Crippen molar-refractivity contribution in [3.8, 4) is 0 Å². The topological polar surface area (TPSA) is 64.0 Å². The summed E-state index contributed by atoms with van der Waals surface area (Å²) in [6.07, 6.45) is 8.79. The Labute approximate surface area is 174 Å². The van der Waals surface area contributed by atoms with E-state index in [1.54, 1.807) is 11.3 Å². The molecule has 5 nitrogen and oxygen atoms in total. The number of aryl methyl sites for hydroxylation is 2. The molecule has 1 unspecified atom stereocenters. The number of rotatable bonds is 5. The van der Waals surface area contributed by atoms with Crippen molar-refractivity contribution < 1.29 is 4.79 Å². The van der Waals surface area contributed by atoms with Crippen LogP contribution in [0.2, 0.25) is 0 Å². The third kappa shape index (κ3) is 3.75. The van der Waals surface area contributed by atoms with E-state index in [1.807, 2.05) is 25.3 Å². The van der Waals surface area contributed by atoms with E-state index in [9.17, 15) is 9.59 Å². The van der Waals surface area contributed by atoms with Crippen LogP contribution in [0.3, 0.4) is 0 Å².